The van der Waals surface area contributed by atoms with Crippen LogP contribution in [0.15, 0.2) is 17.1 Å². The largest absolute Gasteiger partial charge is 0.414 e. The zero-order chi connectivity index (χ0) is 24.7. The lowest BCUT2D eigenvalue weighted by atomic mass is 10.0. The van der Waals surface area contributed by atoms with Crippen LogP contribution < -0.4 is 11.4 Å². The lowest BCUT2D eigenvalue weighted by molar-refractivity contribution is -0.0490. The molecule has 0 unspecified atom stereocenters. The molecule has 2 rings (SSSR count). The third-order valence-electron chi connectivity index (χ3n) is 7.28. The Kier molecular flexibility index (Phi) is 7.54. The van der Waals surface area contributed by atoms with Gasteiger partial charge in [0.25, 0.3) is 0 Å². The highest BCUT2D eigenvalue weighted by Gasteiger charge is 2.52. The van der Waals surface area contributed by atoms with Crippen LogP contribution in [-0.2, 0) is 13.6 Å². The smallest absolute Gasteiger partial charge is 0.351 e. The number of ether oxygens (including phenoxy) is 1. The Hall–Kier alpha value is -1.52. The van der Waals surface area contributed by atoms with E-state index in [1.807, 2.05) is 0 Å². The second-order valence-electron chi connectivity index (χ2n) is 11.7. The number of hydrogen-bond donors (Lipinski definition) is 1. The van der Waals surface area contributed by atoms with Crippen molar-refractivity contribution in [2.24, 2.45) is 5.92 Å². The van der Waals surface area contributed by atoms with Crippen LogP contribution in [0.2, 0.25) is 36.3 Å². The molecule has 1 aliphatic heterocycles. The molecule has 0 saturated carbocycles. The Balaban J connectivity index is 2.43. The summed E-state index contributed by atoms with van der Waals surface area (Å²) in [4.78, 5) is 16.5. The molecule has 2 heterocycles. The minimum Gasteiger partial charge on any atom is -0.414 e. The minimum absolute atomic E-state index is 0.0298. The van der Waals surface area contributed by atoms with Gasteiger partial charge in [0.2, 0.25) is 0 Å². The van der Waals surface area contributed by atoms with E-state index in [1.54, 1.807) is 12.3 Å². The Morgan fingerprint density at radius 3 is 2.19 bits per heavy atom. The maximum atomic E-state index is 12.6. The highest BCUT2D eigenvalue weighted by atomic mass is 28.4. The highest BCUT2D eigenvalue weighted by molar-refractivity contribution is 6.74. The van der Waals surface area contributed by atoms with E-state index in [0.717, 1.165) is 0 Å². The molecular formula is C22H40N4O4Si2. The van der Waals surface area contributed by atoms with Crippen molar-refractivity contribution in [3.8, 4) is 6.07 Å². The summed E-state index contributed by atoms with van der Waals surface area (Å²) in [5.74, 6) is -0.441. The topological polar surface area (TPSA) is 112 Å². The van der Waals surface area contributed by atoms with E-state index in [4.69, 9.17) is 19.3 Å². The molecule has 1 aromatic rings. The summed E-state index contributed by atoms with van der Waals surface area (Å²) in [7, 11) is -4.33. The fourth-order valence-corrected chi connectivity index (χ4v) is 5.34. The first kappa shape index (κ1) is 26.7. The molecule has 1 aromatic heterocycles. The zero-order valence-corrected chi connectivity index (χ0v) is 23.2. The van der Waals surface area contributed by atoms with E-state index >= 15 is 0 Å². The van der Waals surface area contributed by atoms with Gasteiger partial charge in [-0.15, -0.1) is 0 Å². The maximum Gasteiger partial charge on any atom is 0.351 e. The Morgan fingerprint density at radius 1 is 1.16 bits per heavy atom. The standard InChI is InChI=1S/C22H40N4O4Si2/c1-21(2,3)31(7,8)28-14-16-15(13-23)18(30-32(9,10)22(4,5)6)19(29-16)26-12-11-17(24)25-20(26)27/h11-12,15-16,18-19H,14H2,1-10H3,(H2,24,25,27)/t15-,16-,18-,19-/m1/s1. The fraction of sp³-hybridized carbons (Fsp3) is 0.773. The van der Waals surface area contributed by atoms with Crippen molar-refractivity contribution in [3.63, 3.8) is 0 Å². The molecule has 0 aliphatic carbocycles. The van der Waals surface area contributed by atoms with Gasteiger partial charge in [-0.05, 0) is 42.3 Å². The maximum absolute atomic E-state index is 12.6. The van der Waals surface area contributed by atoms with Gasteiger partial charge in [0.15, 0.2) is 22.9 Å². The number of nitriles is 1. The Labute approximate surface area is 194 Å². The second-order valence-corrected chi connectivity index (χ2v) is 21.2. The third-order valence-corrected chi connectivity index (χ3v) is 16.3. The fourth-order valence-electron chi connectivity index (χ4n) is 3.03. The van der Waals surface area contributed by atoms with Gasteiger partial charge in [0.1, 0.15) is 23.9 Å². The van der Waals surface area contributed by atoms with Crippen molar-refractivity contribution >= 4 is 22.5 Å². The average Bonchev–Trinajstić information content (AvgIpc) is 2.94. The van der Waals surface area contributed by atoms with E-state index in [1.165, 1.54) is 4.57 Å². The summed E-state index contributed by atoms with van der Waals surface area (Å²) in [6.07, 6.45) is -0.346. The number of nitrogen functional groups attached to an aromatic ring is 1. The predicted molar refractivity (Wildman–Crippen MR) is 131 cm³/mol. The molecule has 0 aromatic carbocycles. The molecule has 4 atom stereocenters. The van der Waals surface area contributed by atoms with Gasteiger partial charge in [-0.25, -0.2) is 4.79 Å². The summed E-state index contributed by atoms with van der Waals surface area (Å²) in [5, 5.41) is 10.1. The molecule has 180 valence electrons. The summed E-state index contributed by atoms with van der Waals surface area (Å²) >= 11 is 0. The van der Waals surface area contributed by atoms with E-state index in [0.29, 0.717) is 0 Å². The Bertz CT molecular complexity index is 912. The van der Waals surface area contributed by atoms with Crippen molar-refractivity contribution in [3.05, 3.63) is 22.7 Å². The summed E-state index contributed by atoms with van der Waals surface area (Å²) in [6, 6.07) is 3.94. The normalized spacial score (nSPS) is 25.0. The lowest BCUT2D eigenvalue weighted by Crippen LogP contribution is -2.48. The van der Waals surface area contributed by atoms with Crippen molar-refractivity contribution in [1.82, 2.24) is 9.55 Å². The molecule has 0 spiro atoms. The van der Waals surface area contributed by atoms with Gasteiger partial charge in [-0.2, -0.15) is 10.2 Å². The molecular weight excluding hydrogens is 440 g/mol. The molecule has 0 radical (unpaired) electrons. The quantitative estimate of drug-likeness (QED) is 0.605. The van der Waals surface area contributed by atoms with Gasteiger partial charge in [-0.3, -0.25) is 4.57 Å². The molecule has 0 amide bonds. The summed E-state index contributed by atoms with van der Waals surface area (Å²) in [6.45, 7) is 21.8. The molecule has 2 N–H and O–H groups in total. The van der Waals surface area contributed by atoms with Crippen LogP contribution in [0.25, 0.3) is 0 Å². The van der Waals surface area contributed by atoms with Crippen LogP contribution in [0.1, 0.15) is 47.8 Å². The molecule has 10 heteroatoms. The minimum atomic E-state index is -2.27. The highest BCUT2D eigenvalue weighted by Crippen LogP contribution is 2.44. The number of nitrogens with zero attached hydrogens (tertiary/aromatic N) is 3. The monoisotopic (exact) mass is 480 g/mol. The molecule has 1 fully saturated rings. The first-order valence-corrected chi connectivity index (χ1v) is 16.9. The number of rotatable bonds is 6. The first-order valence-electron chi connectivity index (χ1n) is 11.1. The first-order chi connectivity index (χ1) is 14.4. The van der Waals surface area contributed by atoms with Gasteiger partial charge in [-0.1, -0.05) is 41.5 Å². The second kappa shape index (κ2) is 9.02. The van der Waals surface area contributed by atoms with Crippen molar-refractivity contribution in [1.29, 1.82) is 5.26 Å². The van der Waals surface area contributed by atoms with Gasteiger partial charge in [0, 0.05) is 6.20 Å². The average molecular weight is 481 g/mol. The van der Waals surface area contributed by atoms with Crippen molar-refractivity contribution < 1.29 is 13.6 Å². The molecule has 8 nitrogen and oxygen atoms in total. The predicted octanol–water partition coefficient (Wildman–Crippen LogP) is 4.27. The van der Waals surface area contributed by atoms with E-state index in [2.05, 4.69) is 78.8 Å². The SMILES string of the molecule is CC(C)(C)[Si](C)(C)OC[C@H]1O[C@@H](n2ccc(N)nc2=O)[C@H](O[Si](C)(C)C(C)(C)C)[C@@H]1C#N. The van der Waals surface area contributed by atoms with Crippen LogP contribution in [0.3, 0.4) is 0 Å². The third kappa shape index (κ3) is 5.51. The molecule has 1 aliphatic rings. The summed E-state index contributed by atoms with van der Waals surface area (Å²) in [5.41, 5.74) is 5.15. The van der Waals surface area contributed by atoms with Gasteiger partial charge in [0.05, 0.1) is 12.7 Å². The van der Waals surface area contributed by atoms with E-state index in [-0.39, 0.29) is 22.5 Å². The zero-order valence-electron chi connectivity index (χ0n) is 21.2. The van der Waals surface area contributed by atoms with Crippen LogP contribution in [0.5, 0.6) is 0 Å². The molecule has 1 saturated heterocycles. The number of hydrogen-bond acceptors (Lipinski definition) is 7. The van der Waals surface area contributed by atoms with Crippen molar-refractivity contribution in [2.45, 2.75) is 96.2 Å². The summed E-state index contributed by atoms with van der Waals surface area (Å²) < 4.78 is 20.7. The van der Waals surface area contributed by atoms with E-state index in [9.17, 15) is 10.1 Å². The van der Waals surface area contributed by atoms with Crippen LogP contribution in [0.4, 0.5) is 5.82 Å². The Morgan fingerprint density at radius 2 is 1.72 bits per heavy atom. The number of aromatic nitrogens is 2. The number of anilines is 1. The van der Waals surface area contributed by atoms with Crippen LogP contribution in [0, 0.1) is 17.2 Å². The van der Waals surface area contributed by atoms with Crippen LogP contribution in [-0.4, -0.2) is 45.0 Å². The van der Waals surface area contributed by atoms with Gasteiger partial charge >= 0.3 is 5.69 Å². The van der Waals surface area contributed by atoms with Gasteiger partial charge < -0.3 is 19.3 Å². The molecule has 32 heavy (non-hydrogen) atoms. The van der Waals surface area contributed by atoms with Crippen molar-refractivity contribution in [2.75, 3.05) is 12.3 Å². The van der Waals surface area contributed by atoms with E-state index < -0.39 is 46.7 Å². The van der Waals surface area contributed by atoms with Crippen LogP contribution >= 0.6 is 0 Å². The lowest BCUT2D eigenvalue weighted by Gasteiger charge is -2.40. The number of nitrogens with two attached hydrogens (primary N) is 1. The molecule has 0 bridgehead atoms.